The van der Waals surface area contributed by atoms with Crippen molar-refractivity contribution in [3.8, 4) is 17.2 Å². The number of aromatic hydroxyl groups is 1. The van der Waals surface area contributed by atoms with E-state index >= 15 is 0 Å². The summed E-state index contributed by atoms with van der Waals surface area (Å²) in [7, 11) is 0. The SMILES string of the molecule is CCOc1ccccc1CC1Oc2ccc(O)cc2NC1=O. The molecule has 1 atom stereocenters. The second kappa shape index (κ2) is 5.97. The number of benzene rings is 2. The van der Waals surface area contributed by atoms with Gasteiger partial charge in [-0.2, -0.15) is 0 Å². The van der Waals surface area contributed by atoms with E-state index in [4.69, 9.17) is 9.47 Å². The topological polar surface area (TPSA) is 67.8 Å². The maximum atomic E-state index is 12.2. The van der Waals surface area contributed by atoms with Gasteiger partial charge in [0.25, 0.3) is 5.91 Å². The number of ether oxygens (including phenoxy) is 2. The third-order valence-electron chi connectivity index (χ3n) is 3.46. The molecule has 114 valence electrons. The highest BCUT2D eigenvalue weighted by molar-refractivity contribution is 5.98. The molecule has 1 aliphatic rings. The Hall–Kier alpha value is -2.69. The van der Waals surface area contributed by atoms with Gasteiger partial charge in [0.15, 0.2) is 6.10 Å². The third-order valence-corrected chi connectivity index (χ3v) is 3.46. The van der Waals surface area contributed by atoms with E-state index in [9.17, 15) is 9.90 Å². The lowest BCUT2D eigenvalue weighted by atomic mass is 10.0. The summed E-state index contributed by atoms with van der Waals surface area (Å²) >= 11 is 0. The summed E-state index contributed by atoms with van der Waals surface area (Å²) in [6.45, 7) is 2.49. The van der Waals surface area contributed by atoms with Gasteiger partial charge in [0.1, 0.15) is 17.2 Å². The highest BCUT2D eigenvalue weighted by Crippen LogP contribution is 2.33. The minimum atomic E-state index is -0.626. The number of phenolic OH excluding ortho intramolecular Hbond substituents is 1. The van der Waals surface area contributed by atoms with E-state index in [1.54, 1.807) is 6.07 Å². The highest BCUT2D eigenvalue weighted by Gasteiger charge is 2.28. The molecule has 5 heteroatoms. The van der Waals surface area contributed by atoms with Crippen molar-refractivity contribution in [1.29, 1.82) is 0 Å². The summed E-state index contributed by atoms with van der Waals surface area (Å²) in [4.78, 5) is 12.2. The second-order valence-corrected chi connectivity index (χ2v) is 5.02. The van der Waals surface area contributed by atoms with Crippen molar-refractivity contribution in [2.45, 2.75) is 19.4 Å². The van der Waals surface area contributed by atoms with E-state index in [0.29, 0.717) is 24.5 Å². The van der Waals surface area contributed by atoms with E-state index in [1.807, 2.05) is 31.2 Å². The Morgan fingerprint density at radius 1 is 1.27 bits per heavy atom. The van der Waals surface area contributed by atoms with Gasteiger partial charge in [0, 0.05) is 12.5 Å². The fourth-order valence-electron chi connectivity index (χ4n) is 2.44. The molecule has 1 aliphatic heterocycles. The molecule has 0 bridgehead atoms. The molecule has 0 aliphatic carbocycles. The maximum absolute atomic E-state index is 12.2. The monoisotopic (exact) mass is 299 g/mol. The molecule has 2 N–H and O–H groups in total. The van der Waals surface area contributed by atoms with Crippen LogP contribution < -0.4 is 14.8 Å². The van der Waals surface area contributed by atoms with Gasteiger partial charge in [-0.1, -0.05) is 18.2 Å². The third kappa shape index (κ3) is 2.83. The van der Waals surface area contributed by atoms with Crippen LogP contribution >= 0.6 is 0 Å². The largest absolute Gasteiger partial charge is 0.508 e. The molecule has 5 nitrogen and oxygen atoms in total. The zero-order valence-electron chi connectivity index (χ0n) is 12.2. The van der Waals surface area contributed by atoms with Crippen LogP contribution in [0.1, 0.15) is 12.5 Å². The molecule has 2 aromatic rings. The molecule has 2 aromatic carbocycles. The summed E-state index contributed by atoms with van der Waals surface area (Å²) < 4.78 is 11.3. The molecular formula is C17H17NO4. The molecule has 1 heterocycles. The van der Waals surface area contributed by atoms with Crippen LogP contribution in [0, 0.1) is 0 Å². The van der Waals surface area contributed by atoms with Gasteiger partial charge in [-0.25, -0.2) is 0 Å². The predicted molar refractivity (Wildman–Crippen MR) is 82.5 cm³/mol. The summed E-state index contributed by atoms with van der Waals surface area (Å²) in [6, 6.07) is 12.3. The number of hydrogen-bond acceptors (Lipinski definition) is 4. The van der Waals surface area contributed by atoms with Crippen molar-refractivity contribution in [2.75, 3.05) is 11.9 Å². The van der Waals surface area contributed by atoms with Crippen LogP contribution in [-0.4, -0.2) is 23.7 Å². The fourth-order valence-corrected chi connectivity index (χ4v) is 2.44. The van der Waals surface area contributed by atoms with Crippen LogP contribution in [0.3, 0.4) is 0 Å². The number of nitrogens with one attached hydrogen (secondary N) is 1. The van der Waals surface area contributed by atoms with Crippen LogP contribution in [-0.2, 0) is 11.2 Å². The van der Waals surface area contributed by atoms with Crippen molar-refractivity contribution in [3.05, 3.63) is 48.0 Å². The van der Waals surface area contributed by atoms with E-state index < -0.39 is 6.10 Å². The van der Waals surface area contributed by atoms with Crippen molar-refractivity contribution in [2.24, 2.45) is 0 Å². The van der Waals surface area contributed by atoms with E-state index in [1.165, 1.54) is 12.1 Å². The molecule has 0 aromatic heterocycles. The number of phenols is 1. The number of para-hydroxylation sites is 1. The molecule has 0 saturated heterocycles. The van der Waals surface area contributed by atoms with E-state index in [-0.39, 0.29) is 11.7 Å². The Bertz CT molecular complexity index is 699. The predicted octanol–water partition coefficient (Wildman–Crippen LogP) is 2.73. The van der Waals surface area contributed by atoms with Crippen molar-refractivity contribution < 1.29 is 19.4 Å². The molecule has 0 saturated carbocycles. The zero-order chi connectivity index (χ0) is 15.5. The first-order valence-electron chi connectivity index (χ1n) is 7.18. The van der Waals surface area contributed by atoms with Crippen LogP contribution in [0.15, 0.2) is 42.5 Å². The van der Waals surface area contributed by atoms with Crippen molar-refractivity contribution >= 4 is 11.6 Å². The minimum Gasteiger partial charge on any atom is -0.508 e. The normalized spacial score (nSPS) is 16.4. The average molecular weight is 299 g/mol. The molecule has 0 spiro atoms. The minimum absolute atomic E-state index is 0.0859. The number of carbonyl (C=O) groups is 1. The molecule has 22 heavy (non-hydrogen) atoms. The van der Waals surface area contributed by atoms with Crippen molar-refractivity contribution in [1.82, 2.24) is 0 Å². The standard InChI is InChI=1S/C17H17NO4/c1-2-21-14-6-4-3-5-11(14)9-16-17(20)18-13-10-12(19)7-8-15(13)22-16/h3-8,10,16,19H,2,9H2,1H3,(H,18,20). The Balaban J connectivity index is 1.82. The zero-order valence-corrected chi connectivity index (χ0v) is 12.2. The molecule has 3 rings (SSSR count). The molecule has 0 radical (unpaired) electrons. The number of rotatable bonds is 4. The number of amides is 1. The lowest BCUT2D eigenvalue weighted by Gasteiger charge is -2.26. The Morgan fingerprint density at radius 3 is 2.91 bits per heavy atom. The first-order chi connectivity index (χ1) is 10.7. The summed E-state index contributed by atoms with van der Waals surface area (Å²) in [5, 5.41) is 12.2. The fraction of sp³-hybridized carbons (Fsp3) is 0.235. The molecule has 1 amide bonds. The molecule has 1 unspecified atom stereocenters. The quantitative estimate of drug-likeness (QED) is 0.911. The Kier molecular flexibility index (Phi) is 3.87. The van der Waals surface area contributed by atoms with Gasteiger partial charge in [-0.15, -0.1) is 0 Å². The molecule has 0 fully saturated rings. The van der Waals surface area contributed by atoms with Gasteiger partial charge in [0.05, 0.1) is 12.3 Å². The van der Waals surface area contributed by atoms with Crippen LogP contribution in [0.25, 0.3) is 0 Å². The van der Waals surface area contributed by atoms with Crippen LogP contribution in [0.2, 0.25) is 0 Å². The maximum Gasteiger partial charge on any atom is 0.265 e. The van der Waals surface area contributed by atoms with Gasteiger partial charge in [-0.3, -0.25) is 4.79 Å². The van der Waals surface area contributed by atoms with Crippen LogP contribution in [0.5, 0.6) is 17.2 Å². The van der Waals surface area contributed by atoms with Crippen LogP contribution in [0.4, 0.5) is 5.69 Å². The van der Waals surface area contributed by atoms with E-state index in [0.717, 1.165) is 11.3 Å². The lowest BCUT2D eigenvalue weighted by molar-refractivity contribution is -0.123. The summed E-state index contributed by atoms with van der Waals surface area (Å²) in [5.74, 6) is 1.17. The summed E-state index contributed by atoms with van der Waals surface area (Å²) in [6.07, 6.45) is -0.207. The second-order valence-electron chi connectivity index (χ2n) is 5.02. The highest BCUT2D eigenvalue weighted by atomic mass is 16.5. The molecular weight excluding hydrogens is 282 g/mol. The smallest absolute Gasteiger partial charge is 0.265 e. The Morgan fingerprint density at radius 2 is 2.09 bits per heavy atom. The Labute approximate surface area is 128 Å². The first kappa shape index (κ1) is 14.3. The van der Waals surface area contributed by atoms with Gasteiger partial charge in [-0.05, 0) is 30.7 Å². The lowest BCUT2D eigenvalue weighted by Crippen LogP contribution is -2.38. The number of fused-ring (bicyclic) bond motifs is 1. The van der Waals surface area contributed by atoms with E-state index in [2.05, 4.69) is 5.32 Å². The van der Waals surface area contributed by atoms with Crippen molar-refractivity contribution in [3.63, 3.8) is 0 Å². The number of carbonyl (C=O) groups excluding carboxylic acids is 1. The van der Waals surface area contributed by atoms with Gasteiger partial charge in [0.2, 0.25) is 0 Å². The number of anilines is 1. The van der Waals surface area contributed by atoms with Gasteiger partial charge < -0.3 is 19.9 Å². The van der Waals surface area contributed by atoms with Gasteiger partial charge >= 0.3 is 0 Å². The first-order valence-corrected chi connectivity index (χ1v) is 7.18. The number of hydrogen-bond donors (Lipinski definition) is 2. The average Bonchev–Trinajstić information content (AvgIpc) is 2.50. The summed E-state index contributed by atoms with van der Waals surface area (Å²) in [5.41, 5.74) is 1.41.